The number of carbonyl (C=O) groups excluding carboxylic acids is 1. The topological polar surface area (TPSA) is 59.4 Å². The SMILES string of the molecule is COc1ccc(C)cc1-n1ccc(C(=O)NC2CCN(Cc3ccc(F)cc3)CC2)n1. The predicted octanol–water partition coefficient (Wildman–Crippen LogP) is 3.72. The maximum atomic E-state index is 13.1. The van der Waals surface area contributed by atoms with Crippen molar-refractivity contribution in [3.05, 3.63) is 77.4 Å². The number of rotatable bonds is 6. The fourth-order valence-corrected chi connectivity index (χ4v) is 3.90. The molecule has 0 radical (unpaired) electrons. The molecule has 1 N–H and O–H groups in total. The van der Waals surface area contributed by atoms with Gasteiger partial charge in [0.15, 0.2) is 5.69 Å². The van der Waals surface area contributed by atoms with Crippen molar-refractivity contribution in [1.29, 1.82) is 0 Å². The van der Waals surface area contributed by atoms with Gasteiger partial charge in [-0.15, -0.1) is 0 Å². The fraction of sp³-hybridized carbons (Fsp3) is 0.333. The number of halogens is 1. The van der Waals surface area contributed by atoms with Gasteiger partial charge in [0, 0.05) is 31.9 Å². The number of likely N-dealkylation sites (tertiary alicyclic amines) is 1. The van der Waals surface area contributed by atoms with E-state index in [9.17, 15) is 9.18 Å². The average molecular weight is 423 g/mol. The third-order valence-corrected chi connectivity index (χ3v) is 5.65. The van der Waals surface area contributed by atoms with Crippen molar-refractivity contribution in [3.8, 4) is 11.4 Å². The van der Waals surface area contributed by atoms with Crippen LogP contribution in [0.15, 0.2) is 54.7 Å². The minimum absolute atomic E-state index is 0.121. The standard InChI is InChI=1S/C24H27FN4O2/c1-17-3-8-23(31-2)22(15-17)29-14-11-21(27-29)24(30)26-20-9-12-28(13-10-20)16-18-4-6-19(25)7-5-18/h3-8,11,14-15,20H,9-10,12-13,16H2,1-2H3,(H,26,30). The van der Waals surface area contributed by atoms with Crippen molar-refractivity contribution in [2.45, 2.75) is 32.4 Å². The summed E-state index contributed by atoms with van der Waals surface area (Å²) in [5.74, 6) is 0.324. The monoisotopic (exact) mass is 422 g/mol. The molecule has 0 unspecified atom stereocenters. The molecule has 0 spiro atoms. The van der Waals surface area contributed by atoms with Crippen LogP contribution >= 0.6 is 0 Å². The van der Waals surface area contributed by atoms with Crippen LogP contribution in [0.3, 0.4) is 0 Å². The summed E-state index contributed by atoms with van der Waals surface area (Å²) >= 11 is 0. The van der Waals surface area contributed by atoms with Gasteiger partial charge in [0.25, 0.3) is 5.91 Å². The number of hydrogen-bond acceptors (Lipinski definition) is 4. The van der Waals surface area contributed by atoms with Gasteiger partial charge < -0.3 is 10.1 Å². The second-order valence-electron chi connectivity index (χ2n) is 7.97. The van der Waals surface area contributed by atoms with E-state index in [1.54, 1.807) is 24.1 Å². The van der Waals surface area contributed by atoms with Crippen LogP contribution in [0.4, 0.5) is 4.39 Å². The van der Waals surface area contributed by atoms with Crippen molar-refractivity contribution in [1.82, 2.24) is 20.0 Å². The lowest BCUT2D eigenvalue weighted by atomic mass is 10.0. The molecule has 1 saturated heterocycles. The summed E-state index contributed by atoms with van der Waals surface area (Å²) in [6, 6.07) is 14.3. The first-order valence-corrected chi connectivity index (χ1v) is 10.5. The molecule has 0 atom stereocenters. The van der Waals surface area contributed by atoms with E-state index in [2.05, 4.69) is 15.3 Å². The summed E-state index contributed by atoms with van der Waals surface area (Å²) in [5.41, 5.74) is 3.37. The van der Waals surface area contributed by atoms with E-state index in [0.29, 0.717) is 11.4 Å². The molecule has 1 aromatic heterocycles. The van der Waals surface area contributed by atoms with E-state index in [1.807, 2.05) is 37.3 Å². The van der Waals surface area contributed by atoms with E-state index >= 15 is 0 Å². The number of piperidine rings is 1. The number of benzene rings is 2. The zero-order chi connectivity index (χ0) is 21.8. The number of aryl methyl sites for hydroxylation is 1. The Balaban J connectivity index is 1.33. The third-order valence-electron chi connectivity index (χ3n) is 5.65. The minimum Gasteiger partial charge on any atom is -0.494 e. The Morgan fingerprint density at radius 1 is 1.16 bits per heavy atom. The van der Waals surface area contributed by atoms with Crippen molar-refractivity contribution in [2.24, 2.45) is 0 Å². The van der Waals surface area contributed by atoms with Crippen LogP contribution in [-0.2, 0) is 6.54 Å². The Bertz CT molecular complexity index is 1040. The lowest BCUT2D eigenvalue weighted by molar-refractivity contribution is 0.0903. The highest BCUT2D eigenvalue weighted by atomic mass is 19.1. The van der Waals surface area contributed by atoms with Crippen LogP contribution in [0.1, 0.15) is 34.5 Å². The molecular weight excluding hydrogens is 395 g/mol. The number of carbonyl (C=O) groups is 1. The number of amides is 1. The normalized spacial score (nSPS) is 15.1. The first kappa shape index (κ1) is 21.1. The molecule has 4 rings (SSSR count). The zero-order valence-corrected chi connectivity index (χ0v) is 17.8. The lowest BCUT2D eigenvalue weighted by Crippen LogP contribution is -2.44. The number of hydrogen-bond donors (Lipinski definition) is 1. The van der Waals surface area contributed by atoms with Crippen LogP contribution < -0.4 is 10.1 Å². The Morgan fingerprint density at radius 2 is 1.90 bits per heavy atom. The van der Waals surface area contributed by atoms with Gasteiger partial charge in [0.2, 0.25) is 0 Å². The summed E-state index contributed by atoms with van der Waals surface area (Å²) in [6.07, 6.45) is 3.52. The Kier molecular flexibility index (Phi) is 6.32. The van der Waals surface area contributed by atoms with E-state index in [4.69, 9.17) is 4.74 Å². The highest BCUT2D eigenvalue weighted by Crippen LogP contribution is 2.23. The highest BCUT2D eigenvalue weighted by molar-refractivity contribution is 5.92. The summed E-state index contributed by atoms with van der Waals surface area (Å²) in [5, 5.41) is 7.57. The van der Waals surface area contributed by atoms with Crippen LogP contribution in [0.5, 0.6) is 5.75 Å². The molecule has 1 fully saturated rings. The smallest absolute Gasteiger partial charge is 0.272 e. The van der Waals surface area contributed by atoms with Crippen LogP contribution in [0.25, 0.3) is 5.69 Å². The Morgan fingerprint density at radius 3 is 2.61 bits per heavy atom. The first-order chi connectivity index (χ1) is 15.0. The minimum atomic E-state index is -0.214. The molecule has 7 heteroatoms. The van der Waals surface area contributed by atoms with Gasteiger partial charge in [-0.25, -0.2) is 9.07 Å². The van der Waals surface area contributed by atoms with Gasteiger partial charge >= 0.3 is 0 Å². The van der Waals surface area contributed by atoms with E-state index in [-0.39, 0.29) is 17.8 Å². The number of ether oxygens (including phenoxy) is 1. The van der Waals surface area contributed by atoms with Crippen molar-refractivity contribution in [2.75, 3.05) is 20.2 Å². The van der Waals surface area contributed by atoms with Crippen LogP contribution in [0, 0.1) is 12.7 Å². The number of aromatic nitrogens is 2. The summed E-state index contributed by atoms with van der Waals surface area (Å²) < 4.78 is 20.2. The number of nitrogens with one attached hydrogen (secondary N) is 1. The van der Waals surface area contributed by atoms with Crippen LogP contribution in [0.2, 0.25) is 0 Å². The van der Waals surface area contributed by atoms with Gasteiger partial charge in [-0.2, -0.15) is 5.10 Å². The molecule has 1 amide bonds. The molecule has 1 aliphatic rings. The van der Waals surface area contributed by atoms with E-state index < -0.39 is 0 Å². The second kappa shape index (κ2) is 9.31. The van der Waals surface area contributed by atoms with Crippen molar-refractivity contribution < 1.29 is 13.9 Å². The number of nitrogens with zero attached hydrogens (tertiary/aromatic N) is 3. The first-order valence-electron chi connectivity index (χ1n) is 10.5. The van der Waals surface area contributed by atoms with Gasteiger partial charge in [0.05, 0.1) is 7.11 Å². The maximum Gasteiger partial charge on any atom is 0.272 e. The molecule has 0 aliphatic carbocycles. The van der Waals surface area contributed by atoms with Crippen LogP contribution in [-0.4, -0.2) is 46.8 Å². The Labute approximate surface area is 181 Å². The Hall–Kier alpha value is -3.19. The molecule has 1 aliphatic heterocycles. The van der Waals surface area contributed by atoms with E-state index in [0.717, 1.165) is 49.3 Å². The molecule has 0 saturated carbocycles. The lowest BCUT2D eigenvalue weighted by Gasteiger charge is -2.32. The zero-order valence-electron chi connectivity index (χ0n) is 17.8. The second-order valence-corrected chi connectivity index (χ2v) is 7.97. The molecule has 6 nitrogen and oxygen atoms in total. The summed E-state index contributed by atoms with van der Waals surface area (Å²) in [7, 11) is 1.62. The molecule has 0 bridgehead atoms. The molecule has 31 heavy (non-hydrogen) atoms. The van der Waals surface area contributed by atoms with Gasteiger partial charge in [-0.3, -0.25) is 9.69 Å². The maximum absolute atomic E-state index is 13.1. The predicted molar refractivity (Wildman–Crippen MR) is 117 cm³/mol. The molecular formula is C24H27FN4O2. The van der Waals surface area contributed by atoms with Crippen molar-refractivity contribution >= 4 is 5.91 Å². The molecule has 2 heterocycles. The van der Waals surface area contributed by atoms with Gasteiger partial charge in [0.1, 0.15) is 17.3 Å². The highest BCUT2D eigenvalue weighted by Gasteiger charge is 2.22. The molecule has 3 aromatic rings. The van der Waals surface area contributed by atoms with Gasteiger partial charge in [-0.1, -0.05) is 18.2 Å². The number of methoxy groups -OCH3 is 1. The van der Waals surface area contributed by atoms with Gasteiger partial charge in [-0.05, 0) is 61.2 Å². The molecule has 162 valence electrons. The molecule has 2 aromatic carbocycles. The largest absolute Gasteiger partial charge is 0.494 e. The summed E-state index contributed by atoms with van der Waals surface area (Å²) in [4.78, 5) is 15.0. The average Bonchev–Trinajstić information content (AvgIpc) is 3.27. The fourth-order valence-electron chi connectivity index (χ4n) is 3.90. The third kappa shape index (κ3) is 5.11. The quantitative estimate of drug-likeness (QED) is 0.658. The van der Waals surface area contributed by atoms with Crippen molar-refractivity contribution in [3.63, 3.8) is 0 Å². The summed E-state index contributed by atoms with van der Waals surface area (Å²) in [6.45, 7) is 4.57. The van der Waals surface area contributed by atoms with E-state index in [1.165, 1.54) is 12.1 Å².